The molecule has 2 aromatic rings. The van der Waals surface area contributed by atoms with Crippen molar-refractivity contribution < 1.29 is 4.42 Å². The molecule has 17 heavy (non-hydrogen) atoms. The molecule has 5 heteroatoms. The quantitative estimate of drug-likeness (QED) is 0.716. The van der Waals surface area contributed by atoms with Crippen molar-refractivity contribution in [3.8, 4) is 0 Å². The molecule has 0 bridgehead atoms. The van der Waals surface area contributed by atoms with E-state index in [9.17, 15) is 4.79 Å². The highest BCUT2D eigenvalue weighted by atomic mass is 16.4. The molecule has 0 amide bonds. The normalized spacial score (nSPS) is 13.1. The summed E-state index contributed by atoms with van der Waals surface area (Å²) in [5.41, 5.74) is 7.98. The number of benzene rings is 1. The molecular weight excluding hydrogens is 218 g/mol. The molecule has 2 rings (SSSR count). The van der Waals surface area contributed by atoms with Gasteiger partial charge in [-0.05, 0) is 36.7 Å². The van der Waals surface area contributed by atoms with Crippen LogP contribution in [0.3, 0.4) is 0 Å². The number of rotatable bonds is 5. The largest absolute Gasteiger partial charge is 0.417 e. The molecule has 5 nitrogen and oxygen atoms in total. The average Bonchev–Trinajstić information content (AvgIpc) is 2.68. The zero-order valence-electron chi connectivity index (χ0n) is 9.82. The van der Waals surface area contributed by atoms with Crippen LogP contribution in [-0.4, -0.2) is 18.1 Å². The van der Waals surface area contributed by atoms with E-state index in [4.69, 9.17) is 10.2 Å². The summed E-state index contributed by atoms with van der Waals surface area (Å²) in [7, 11) is 0. The Morgan fingerprint density at radius 2 is 2.35 bits per heavy atom. The molecule has 1 unspecified atom stereocenters. The van der Waals surface area contributed by atoms with Gasteiger partial charge in [-0.2, -0.15) is 0 Å². The molecule has 0 fully saturated rings. The van der Waals surface area contributed by atoms with Gasteiger partial charge < -0.3 is 15.5 Å². The second-order valence-electron chi connectivity index (χ2n) is 4.32. The number of H-pyrrole nitrogens is 1. The van der Waals surface area contributed by atoms with E-state index in [1.165, 1.54) is 0 Å². The maximum absolute atomic E-state index is 11.0. The van der Waals surface area contributed by atoms with Gasteiger partial charge in [0, 0.05) is 6.54 Å². The lowest BCUT2D eigenvalue weighted by Gasteiger charge is -2.09. The first-order valence-electron chi connectivity index (χ1n) is 5.71. The number of hydrogen-bond acceptors (Lipinski definition) is 4. The summed E-state index contributed by atoms with van der Waals surface area (Å²) in [6, 6.07) is 5.66. The Hall–Kier alpha value is -1.59. The molecule has 0 saturated heterocycles. The summed E-state index contributed by atoms with van der Waals surface area (Å²) in [4.78, 5) is 13.6. The van der Waals surface area contributed by atoms with Crippen LogP contribution in [0.5, 0.6) is 0 Å². The van der Waals surface area contributed by atoms with Gasteiger partial charge in [-0.1, -0.05) is 13.0 Å². The summed E-state index contributed by atoms with van der Waals surface area (Å²) in [5, 5.41) is 3.32. The van der Waals surface area contributed by atoms with Crippen LogP contribution in [0.2, 0.25) is 0 Å². The Labute approximate surface area is 99.0 Å². The van der Waals surface area contributed by atoms with Crippen LogP contribution >= 0.6 is 0 Å². The monoisotopic (exact) mass is 235 g/mol. The van der Waals surface area contributed by atoms with Crippen LogP contribution in [0.25, 0.3) is 11.1 Å². The minimum Gasteiger partial charge on any atom is -0.408 e. The lowest BCUT2D eigenvalue weighted by Crippen LogP contribution is -2.25. The molecule has 0 saturated carbocycles. The van der Waals surface area contributed by atoms with Gasteiger partial charge in [0.25, 0.3) is 0 Å². The number of nitrogens with one attached hydrogen (secondary N) is 2. The predicted molar refractivity (Wildman–Crippen MR) is 66.8 cm³/mol. The van der Waals surface area contributed by atoms with Crippen molar-refractivity contribution in [2.45, 2.75) is 13.5 Å². The van der Waals surface area contributed by atoms with E-state index >= 15 is 0 Å². The molecule has 0 aliphatic heterocycles. The molecule has 1 atom stereocenters. The minimum atomic E-state index is -0.415. The third-order valence-corrected chi connectivity index (χ3v) is 2.71. The van der Waals surface area contributed by atoms with E-state index in [1.807, 2.05) is 12.1 Å². The zero-order chi connectivity index (χ0) is 12.3. The summed E-state index contributed by atoms with van der Waals surface area (Å²) >= 11 is 0. The van der Waals surface area contributed by atoms with E-state index in [0.717, 1.165) is 24.2 Å². The molecule has 0 radical (unpaired) electrons. The van der Waals surface area contributed by atoms with E-state index in [-0.39, 0.29) is 0 Å². The predicted octanol–water partition coefficient (Wildman–Crippen LogP) is 0.806. The van der Waals surface area contributed by atoms with E-state index in [1.54, 1.807) is 6.07 Å². The Morgan fingerprint density at radius 3 is 3.12 bits per heavy atom. The fourth-order valence-electron chi connectivity index (χ4n) is 1.66. The van der Waals surface area contributed by atoms with Crippen LogP contribution < -0.4 is 16.8 Å². The first-order chi connectivity index (χ1) is 8.19. The fourth-order valence-corrected chi connectivity index (χ4v) is 1.66. The standard InChI is InChI=1S/C12H17N3O2/c1-8(5-13)6-14-7-9-2-3-11-10(4-9)15-12(16)17-11/h2-4,8,14H,5-7,13H2,1H3,(H,15,16). The van der Waals surface area contributed by atoms with Crippen molar-refractivity contribution in [3.05, 3.63) is 34.3 Å². The Balaban J connectivity index is 2.01. The van der Waals surface area contributed by atoms with E-state index < -0.39 is 5.76 Å². The molecule has 4 N–H and O–H groups in total. The van der Waals surface area contributed by atoms with Gasteiger partial charge in [0.1, 0.15) is 0 Å². The van der Waals surface area contributed by atoms with E-state index in [0.29, 0.717) is 18.0 Å². The molecule has 1 aromatic heterocycles. The van der Waals surface area contributed by atoms with Gasteiger partial charge in [0.15, 0.2) is 5.58 Å². The van der Waals surface area contributed by atoms with Gasteiger partial charge in [-0.3, -0.25) is 4.98 Å². The van der Waals surface area contributed by atoms with Crippen LogP contribution in [-0.2, 0) is 6.54 Å². The Bertz CT molecular complexity index is 544. The van der Waals surface area contributed by atoms with Crippen LogP contribution in [0.15, 0.2) is 27.4 Å². The molecule has 0 spiro atoms. The SMILES string of the molecule is CC(CN)CNCc1ccc2oc(=O)[nH]c2c1. The second kappa shape index (κ2) is 5.16. The maximum atomic E-state index is 11.0. The average molecular weight is 235 g/mol. The second-order valence-corrected chi connectivity index (χ2v) is 4.32. The van der Waals surface area contributed by atoms with Gasteiger partial charge >= 0.3 is 5.76 Å². The van der Waals surface area contributed by atoms with Crippen molar-refractivity contribution in [1.82, 2.24) is 10.3 Å². The van der Waals surface area contributed by atoms with Gasteiger partial charge in [0.2, 0.25) is 0 Å². The molecule has 0 aliphatic rings. The van der Waals surface area contributed by atoms with Crippen LogP contribution in [0.4, 0.5) is 0 Å². The lowest BCUT2D eigenvalue weighted by molar-refractivity contribution is 0.522. The van der Waals surface area contributed by atoms with Crippen molar-refractivity contribution in [2.75, 3.05) is 13.1 Å². The number of nitrogens with two attached hydrogens (primary N) is 1. The van der Waals surface area contributed by atoms with Crippen molar-refractivity contribution in [3.63, 3.8) is 0 Å². The highest BCUT2D eigenvalue weighted by Crippen LogP contribution is 2.11. The summed E-state index contributed by atoms with van der Waals surface area (Å²) < 4.78 is 4.93. The van der Waals surface area contributed by atoms with Crippen LogP contribution in [0, 0.1) is 5.92 Å². The molecule has 1 aromatic carbocycles. The van der Waals surface area contributed by atoms with Gasteiger partial charge in [-0.25, -0.2) is 4.79 Å². The molecule has 92 valence electrons. The first kappa shape index (κ1) is 11.9. The highest BCUT2D eigenvalue weighted by Gasteiger charge is 2.02. The molecule has 0 aliphatic carbocycles. The molecule has 1 heterocycles. The fraction of sp³-hybridized carbons (Fsp3) is 0.417. The van der Waals surface area contributed by atoms with Crippen molar-refractivity contribution >= 4 is 11.1 Å². The maximum Gasteiger partial charge on any atom is 0.417 e. The number of aromatic amines is 1. The third kappa shape index (κ3) is 2.95. The van der Waals surface area contributed by atoms with Crippen LogP contribution in [0.1, 0.15) is 12.5 Å². The highest BCUT2D eigenvalue weighted by molar-refractivity contribution is 5.72. The smallest absolute Gasteiger partial charge is 0.408 e. The zero-order valence-corrected chi connectivity index (χ0v) is 9.82. The van der Waals surface area contributed by atoms with Crippen molar-refractivity contribution in [1.29, 1.82) is 0 Å². The third-order valence-electron chi connectivity index (χ3n) is 2.71. The van der Waals surface area contributed by atoms with E-state index in [2.05, 4.69) is 17.2 Å². The van der Waals surface area contributed by atoms with Gasteiger partial charge in [0.05, 0.1) is 5.52 Å². The number of fused-ring (bicyclic) bond motifs is 1. The number of aromatic nitrogens is 1. The minimum absolute atomic E-state index is 0.415. The summed E-state index contributed by atoms with van der Waals surface area (Å²) in [6.07, 6.45) is 0. The summed E-state index contributed by atoms with van der Waals surface area (Å²) in [5.74, 6) is 0.0503. The molecular formula is C12H17N3O2. The van der Waals surface area contributed by atoms with Gasteiger partial charge in [-0.15, -0.1) is 0 Å². The lowest BCUT2D eigenvalue weighted by atomic mass is 10.1. The van der Waals surface area contributed by atoms with Crippen molar-refractivity contribution in [2.24, 2.45) is 11.7 Å². The first-order valence-corrected chi connectivity index (χ1v) is 5.71. The Kier molecular flexibility index (Phi) is 3.61. The topological polar surface area (TPSA) is 84.0 Å². The number of hydrogen-bond donors (Lipinski definition) is 3. The number of oxazole rings is 1. The Morgan fingerprint density at radius 1 is 1.53 bits per heavy atom. The summed E-state index contributed by atoms with van der Waals surface area (Å²) in [6.45, 7) is 4.43.